The fraction of sp³-hybridized carbons (Fsp3) is 0.857. The number of amidine groups is 1. The van der Waals surface area contributed by atoms with Crippen molar-refractivity contribution in [2.75, 3.05) is 13.6 Å². The molecule has 1 N–H and O–H groups in total. The van der Waals surface area contributed by atoms with Gasteiger partial charge in [0.25, 0.3) is 0 Å². The number of hydrogen-bond donors (Lipinski definition) is 1. The summed E-state index contributed by atoms with van der Waals surface area (Å²) in [6.45, 7) is 0.943. The van der Waals surface area contributed by atoms with Gasteiger partial charge in [-0.25, -0.2) is 0 Å². The first kappa shape index (κ1) is 15.0. The van der Waals surface area contributed by atoms with Crippen molar-refractivity contribution in [1.29, 1.82) is 5.41 Å². The van der Waals surface area contributed by atoms with E-state index in [2.05, 4.69) is 0 Å². The van der Waals surface area contributed by atoms with Gasteiger partial charge in [0.05, 0.1) is 0 Å². The second kappa shape index (κ2) is 4.10. The molecule has 0 aliphatic heterocycles. The zero-order chi connectivity index (χ0) is 13.4. The van der Waals surface area contributed by atoms with Gasteiger partial charge in [-0.2, -0.15) is 30.7 Å². The summed E-state index contributed by atoms with van der Waals surface area (Å²) in [7, 11) is 0.822. The van der Waals surface area contributed by atoms with Gasteiger partial charge >= 0.3 is 18.0 Å². The Morgan fingerprint density at radius 1 is 1.06 bits per heavy atom. The maximum atomic E-state index is 12.8. The van der Waals surface area contributed by atoms with Crippen molar-refractivity contribution in [3.8, 4) is 0 Å². The molecule has 0 fully saturated rings. The Hall–Kier alpha value is -1.02. The molecule has 0 aliphatic carbocycles. The predicted octanol–water partition coefficient (Wildman–Crippen LogP) is 2.75. The number of halogens is 7. The van der Waals surface area contributed by atoms with Gasteiger partial charge in [-0.1, -0.05) is 0 Å². The second-order valence-electron chi connectivity index (χ2n) is 3.01. The molecule has 0 unspecified atom stereocenters. The molecule has 0 radical (unpaired) electrons. The molecular weight excluding hydrogens is 245 g/mol. The quantitative estimate of drug-likeness (QED) is 0.468. The lowest BCUT2D eigenvalue weighted by atomic mass is 10.1. The summed E-state index contributed by atoms with van der Waals surface area (Å²) < 4.78 is 85.5. The molecule has 0 bridgehead atoms. The SMILES string of the molecule is CCN(C)C(=N)C(F)(F)C(F)(F)C(F)(F)F. The molecule has 0 aliphatic rings. The van der Waals surface area contributed by atoms with Crippen LogP contribution in [0, 0.1) is 5.41 Å². The molecule has 0 rings (SSSR count). The van der Waals surface area contributed by atoms with Crippen molar-refractivity contribution in [2.24, 2.45) is 0 Å². The van der Waals surface area contributed by atoms with Crippen molar-refractivity contribution in [3.05, 3.63) is 0 Å². The lowest BCUT2D eigenvalue weighted by Crippen LogP contribution is -2.59. The van der Waals surface area contributed by atoms with Crippen LogP contribution in [0.3, 0.4) is 0 Å². The van der Waals surface area contributed by atoms with Gasteiger partial charge in [0.1, 0.15) is 0 Å². The van der Waals surface area contributed by atoms with Gasteiger partial charge in [0, 0.05) is 13.6 Å². The summed E-state index contributed by atoms with van der Waals surface area (Å²) in [5.74, 6) is -13.9. The van der Waals surface area contributed by atoms with E-state index in [1.807, 2.05) is 0 Å². The molecule has 0 saturated heterocycles. The summed E-state index contributed by atoms with van der Waals surface area (Å²) >= 11 is 0. The first-order chi connectivity index (χ1) is 6.89. The van der Waals surface area contributed by atoms with Crippen molar-refractivity contribution in [1.82, 2.24) is 4.90 Å². The fourth-order valence-electron chi connectivity index (χ4n) is 0.725. The van der Waals surface area contributed by atoms with E-state index in [1.165, 1.54) is 6.92 Å². The third kappa shape index (κ3) is 2.22. The zero-order valence-corrected chi connectivity index (χ0v) is 8.30. The highest BCUT2D eigenvalue weighted by Crippen LogP contribution is 2.47. The molecule has 0 atom stereocenters. The normalized spacial score (nSPS) is 13.8. The van der Waals surface area contributed by atoms with Gasteiger partial charge in [-0.05, 0) is 6.92 Å². The smallest absolute Gasteiger partial charge is 0.359 e. The molecule has 0 aromatic heterocycles. The predicted molar refractivity (Wildman–Crippen MR) is 42.0 cm³/mol. The van der Waals surface area contributed by atoms with E-state index in [-0.39, 0.29) is 6.54 Å². The molecule has 0 aromatic rings. The summed E-state index contributed by atoms with van der Waals surface area (Å²) in [4.78, 5) is 0.305. The molecule has 0 amide bonds. The van der Waals surface area contributed by atoms with E-state index in [0.717, 1.165) is 7.05 Å². The van der Waals surface area contributed by atoms with Crippen LogP contribution >= 0.6 is 0 Å². The van der Waals surface area contributed by atoms with E-state index < -0.39 is 23.9 Å². The molecule has 0 spiro atoms. The van der Waals surface area contributed by atoms with E-state index in [0.29, 0.717) is 4.90 Å². The Kier molecular flexibility index (Phi) is 3.83. The second-order valence-corrected chi connectivity index (χ2v) is 3.01. The molecular formula is C7H9F7N2. The highest BCUT2D eigenvalue weighted by molar-refractivity contribution is 5.87. The van der Waals surface area contributed by atoms with Crippen LogP contribution in [0.5, 0.6) is 0 Å². The average molecular weight is 254 g/mol. The lowest BCUT2D eigenvalue weighted by Gasteiger charge is -2.31. The first-order valence-electron chi connectivity index (χ1n) is 4.02. The summed E-state index contributed by atoms with van der Waals surface area (Å²) in [6.07, 6.45) is -6.41. The minimum atomic E-state index is -6.41. The van der Waals surface area contributed by atoms with Crippen LogP contribution in [0.15, 0.2) is 0 Å². The van der Waals surface area contributed by atoms with Gasteiger partial charge in [0.2, 0.25) is 0 Å². The molecule has 9 heteroatoms. The fourth-order valence-corrected chi connectivity index (χ4v) is 0.725. The van der Waals surface area contributed by atoms with Gasteiger partial charge in [-0.15, -0.1) is 0 Å². The molecule has 96 valence electrons. The number of rotatable bonds is 3. The van der Waals surface area contributed by atoms with Crippen LogP contribution < -0.4 is 0 Å². The molecule has 16 heavy (non-hydrogen) atoms. The molecule has 2 nitrogen and oxygen atoms in total. The van der Waals surface area contributed by atoms with E-state index in [9.17, 15) is 30.7 Å². The standard InChI is InChI=1S/C7H9F7N2/c1-3-16(2)4(15)5(8,9)6(10,11)7(12,13)14/h15H,3H2,1-2H3. The third-order valence-corrected chi connectivity index (χ3v) is 1.90. The largest absolute Gasteiger partial charge is 0.460 e. The maximum Gasteiger partial charge on any atom is 0.460 e. The van der Waals surface area contributed by atoms with Gasteiger partial charge in [-0.3, -0.25) is 5.41 Å². The highest BCUT2D eigenvalue weighted by atomic mass is 19.4. The third-order valence-electron chi connectivity index (χ3n) is 1.90. The van der Waals surface area contributed by atoms with E-state index in [4.69, 9.17) is 5.41 Å². The maximum absolute atomic E-state index is 12.8. The zero-order valence-electron chi connectivity index (χ0n) is 8.30. The minimum absolute atomic E-state index is 0.289. The van der Waals surface area contributed by atoms with Gasteiger partial charge in [0.15, 0.2) is 5.84 Å². The van der Waals surface area contributed by atoms with Crippen LogP contribution in [-0.4, -0.2) is 42.3 Å². The molecule has 0 heterocycles. The molecule has 0 saturated carbocycles. The number of hydrogen-bond acceptors (Lipinski definition) is 1. The van der Waals surface area contributed by atoms with Crippen molar-refractivity contribution in [2.45, 2.75) is 24.9 Å². The van der Waals surface area contributed by atoms with E-state index >= 15 is 0 Å². The van der Waals surface area contributed by atoms with Crippen LogP contribution in [-0.2, 0) is 0 Å². The van der Waals surface area contributed by atoms with E-state index in [1.54, 1.807) is 0 Å². The Morgan fingerprint density at radius 3 is 1.69 bits per heavy atom. The van der Waals surface area contributed by atoms with Crippen LogP contribution in [0.25, 0.3) is 0 Å². The lowest BCUT2D eigenvalue weighted by molar-refractivity contribution is -0.337. The highest BCUT2D eigenvalue weighted by Gasteiger charge is 2.75. The Labute approximate surface area is 86.5 Å². The van der Waals surface area contributed by atoms with Crippen LogP contribution in [0.2, 0.25) is 0 Å². The number of nitrogens with zero attached hydrogens (tertiary/aromatic N) is 1. The summed E-state index contributed by atoms with van der Waals surface area (Å²) in [6, 6.07) is 0. The first-order valence-corrected chi connectivity index (χ1v) is 4.02. The van der Waals surface area contributed by atoms with Crippen LogP contribution in [0.4, 0.5) is 30.7 Å². The monoisotopic (exact) mass is 254 g/mol. The Bertz CT molecular complexity index is 270. The minimum Gasteiger partial charge on any atom is -0.359 e. The van der Waals surface area contributed by atoms with Crippen LogP contribution in [0.1, 0.15) is 6.92 Å². The van der Waals surface area contributed by atoms with Crippen molar-refractivity contribution in [3.63, 3.8) is 0 Å². The van der Waals surface area contributed by atoms with Gasteiger partial charge < -0.3 is 4.90 Å². The topological polar surface area (TPSA) is 27.1 Å². The van der Waals surface area contributed by atoms with Crippen molar-refractivity contribution >= 4 is 5.84 Å². The Balaban J connectivity index is 5.28. The Morgan fingerprint density at radius 2 is 1.44 bits per heavy atom. The summed E-state index contributed by atoms with van der Waals surface area (Å²) in [5, 5.41) is 6.63. The summed E-state index contributed by atoms with van der Waals surface area (Å²) in [5.41, 5.74) is 0. The number of alkyl halides is 7. The average Bonchev–Trinajstić information content (AvgIpc) is 2.13. The molecule has 0 aromatic carbocycles. The van der Waals surface area contributed by atoms with Crippen molar-refractivity contribution < 1.29 is 30.7 Å². The number of nitrogens with one attached hydrogen (secondary N) is 1.